The van der Waals surface area contributed by atoms with Crippen LogP contribution >= 0.6 is 0 Å². The van der Waals surface area contributed by atoms with Crippen molar-refractivity contribution in [3.8, 4) is 0 Å². The van der Waals surface area contributed by atoms with Crippen LogP contribution in [0.2, 0.25) is 0 Å². The fourth-order valence-corrected chi connectivity index (χ4v) is 2.08. The van der Waals surface area contributed by atoms with Crippen LogP contribution < -0.4 is 5.32 Å². The Kier molecular flexibility index (Phi) is 5.95. The third kappa shape index (κ3) is 5.20. The summed E-state index contributed by atoms with van der Waals surface area (Å²) in [6.07, 6.45) is 1.08. The van der Waals surface area contributed by atoms with Gasteiger partial charge < -0.3 is 10.1 Å². The zero-order chi connectivity index (χ0) is 15.8. The maximum atomic E-state index is 12.8. The molecule has 0 aliphatic carbocycles. The van der Waals surface area contributed by atoms with Gasteiger partial charge >= 0.3 is 5.97 Å². The molecular formula is C18H20FNO2. The minimum Gasteiger partial charge on any atom is -0.466 e. The highest BCUT2D eigenvalue weighted by Crippen LogP contribution is 2.13. The Morgan fingerprint density at radius 1 is 1.05 bits per heavy atom. The number of hydrogen-bond acceptors (Lipinski definition) is 3. The molecule has 0 saturated carbocycles. The summed E-state index contributed by atoms with van der Waals surface area (Å²) >= 11 is 0. The Labute approximate surface area is 130 Å². The van der Waals surface area contributed by atoms with Gasteiger partial charge in [0.1, 0.15) is 5.82 Å². The number of benzene rings is 2. The number of nitrogens with one attached hydrogen (secondary N) is 1. The zero-order valence-electron chi connectivity index (χ0n) is 12.6. The van der Waals surface area contributed by atoms with Gasteiger partial charge in [-0.2, -0.15) is 0 Å². The quantitative estimate of drug-likeness (QED) is 0.787. The molecule has 2 aromatic rings. The first-order valence-electron chi connectivity index (χ1n) is 7.40. The number of carbonyl (C=O) groups is 1. The lowest BCUT2D eigenvalue weighted by Gasteiger charge is -2.08. The van der Waals surface area contributed by atoms with Crippen LogP contribution in [0.25, 0.3) is 0 Å². The number of carbonyl (C=O) groups excluding carboxylic acids is 1. The van der Waals surface area contributed by atoms with Gasteiger partial charge in [-0.1, -0.05) is 24.3 Å². The summed E-state index contributed by atoms with van der Waals surface area (Å²) in [5.41, 5.74) is 3.11. The molecule has 0 bridgehead atoms. The smallest absolute Gasteiger partial charge is 0.306 e. The van der Waals surface area contributed by atoms with Crippen molar-refractivity contribution in [2.24, 2.45) is 0 Å². The standard InChI is InChI=1S/C18H20FNO2/c1-2-22-18(21)12-7-14-5-10-17(11-6-14)20-13-15-3-8-16(19)9-4-15/h3-6,8-11,20H,2,7,12-13H2,1H3. The van der Waals surface area contributed by atoms with Crippen molar-refractivity contribution in [3.05, 3.63) is 65.5 Å². The van der Waals surface area contributed by atoms with Gasteiger partial charge in [-0.15, -0.1) is 0 Å². The monoisotopic (exact) mass is 301 g/mol. The van der Waals surface area contributed by atoms with E-state index >= 15 is 0 Å². The maximum Gasteiger partial charge on any atom is 0.306 e. The van der Waals surface area contributed by atoms with Crippen LogP contribution in [0.15, 0.2) is 48.5 Å². The summed E-state index contributed by atoms with van der Waals surface area (Å²) < 4.78 is 17.7. The normalized spacial score (nSPS) is 10.3. The summed E-state index contributed by atoms with van der Waals surface area (Å²) in [6.45, 7) is 2.87. The summed E-state index contributed by atoms with van der Waals surface area (Å²) in [7, 11) is 0. The van der Waals surface area contributed by atoms with Crippen LogP contribution in [0.5, 0.6) is 0 Å². The first-order valence-corrected chi connectivity index (χ1v) is 7.40. The average Bonchev–Trinajstić information content (AvgIpc) is 2.54. The summed E-state index contributed by atoms with van der Waals surface area (Å²) in [4.78, 5) is 11.3. The summed E-state index contributed by atoms with van der Waals surface area (Å²) in [5, 5.41) is 3.28. The number of esters is 1. The van der Waals surface area contributed by atoms with E-state index in [2.05, 4.69) is 5.32 Å². The Balaban J connectivity index is 1.81. The number of hydrogen-bond donors (Lipinski definition) is 1. The van der Waals surface area contributed by atoms with E-state index in [0.29, 0.717) is 26.0 Å². The molecule has 0 aromatic heterocycles. The SMILES string of the molecule is CCOC(=O)CCc1ccc(NCc2ccc(F)cc2)cc1. The van der Waals surface area contributed by atoms with Gasteiger partial charge in [-0.3, -0.25) is 4.79 Å². The van der Waals surface area contributed by atoms with Crippen molar-refractivity contribution in [1.29, 1.82) is 0 Å². The lowest BCUT2D eigenvalue weighted by Crippen LogP contribution is -2.05. The average molecular weight is 301 g/mol. The Morgan fingerprint density at radius 2 is 1.68 bits per heavy atom. The molecule has 0 aliphatic heterocycles. The molecule has 0 fully saturated rings. The van der Waals surface area contributed by atoms with Crippen molar-refractivity contribution >= 4 is 11.7 Å². The van der Waals surface area contributed by atoms with Gasteiger partial charge in [0.2, 0.25) is 0 Å². The molecule has 22 heavy (non-hydrogen) atoms. The lowest BCUT2D eigenvalue weighted by molar-refractivity contribution is -0.143. The maximum absolute atomic E-state index is 12.8. The van der Waals surface area contributed by atoms with Crippen molar-refractivity contribution < 1.29 is 13.9 Å². The fourth-order valence-electron chi connectivity index (χ4n) is 2.08. The van der Waals surface area contributed by atoms with Gasteiger partial charge in [-0.05, 0) is 48.7 Å². The molecule has 0 saturated heterocycles. The van der Waals surface area contributed by atoms with Crippen molar-refractivity contribution in [1.82, 2.24) is 0 Å². The number of ether oxygens (including phenoxy) is 1. The van der Waals surface area contributed by atoms with Crippen molar-refractivity contribution in [3.63, 3.8) is 0 Å². The van der Waals surface area contributed by atoms with Crippen LogP contribution in [0.1, 0.15) is 24.5 Å². The van der Waals surface area contributed by atoms with E-state index in [4.69, 9.17) is 4.74 Å². The molecule has 3 nitrogen and oxygen atoms in total. The molecule has 4 heteroatoms. The Hall–Kier alpha value is -2.36. The molecule has 116 valence electrons. The lowest BCUT2D eigenvalue weighted by atomic mass is 10.1. The highest BCUT2D eigenvalue weighted by Gasteiger charge is 2.02. The highest BCUT2D eigenvalue weighted by molar-refractivity contribution is 5.69. The topological polar surface area (TPSA) is 38.3 Å². The van der Waals surface area contributed by atoms with Gasteiger partial charge in [0.25, 0.3) is 0 Å². The first-order chi connectivity index (χ1) is 10.7. The minimum atomic E-state index is -0.227. The largest absolute Gasteiger partial charge is 0.466 e. The van der Waals surface area contributed by atoms with E-state index in [9.17, 15) is 9.18 Å². The van der Waals surface area contributed by atoms with E-state index in [-0.39, 0.29) is 11.8 Å². The van der Waals surface area contributed by atoms with E-state index in [1.807, 2.05) is 24.3 Å². The van der Waals surface area contributed by atoms with Crippen LogP contribution in [-0.4, -0.2) is 12.6 Å². The first kappa shape index (κ1) is 16.0. The fraction of sp³-hybridized carbons (Fsp3) is 0.278. The van der Waals surface area contributed by atoms with Crippen LogP contribution in [0.4, 0.5) is 10.1 Å². The van der Waals surface area contributed by atoms with Gasteiger partial charge in [-0.25, -0.2) is 4.39 Å². The second kappa shape index (κ2) is 8.17. The van der Waals surface area contributed by atoms with Gasteiger partial charge in [0.05, 0.1) is 6.61 Å². The van der Waals surface area contributed by atoms with E-state index in [1.165, 1.54) is 12.1 Å². The Morgan fingerprint density at radius 3 is 2.32 bits per heavy atom. The van der Waals surface area contributed by atoms with Crippen LogP contribution in [0, 0.1) is 5.82 Å². The third-order valence-corrected chi connectivity index (χ3v) is 3.29. The van der Waals surface area contributed by atoms with Crippen LogP contribution in [0.3, 0.4) is 0 Å². The molecule has 0 radical (unpaired) electrons. The molecule has 0 spiro atoms. The predicted molar refractivity (Wildman–Crippen MR) is 85.1 cm³/mol. The van der Waals surface area contributed by atoms with Crippen LogP contribution in [-0.2, 0) is 22.5 Å². The van der Waals surface area contributed by atoms with E-state index < -0.39 is 0 Å². The van der Waals surface area contributed by atoms with Crippen molar-refractivity contribution in [2.75, 3.05) is 11.9 Å². The van der Waals surface area contributed by atoms with E-state index in [0.717, 1.165) is 16.8 Å². The second-order valence-electron chi connectivity index (χ2n) is 4.98. The molecular weight excluding hydrogens is 281 g/mol. The zero-order valence-corrected chi connectivity index (χ0v) is 12.6. The number of rotatable bonds is 7. The molecule has 0 unspecified atom stereocenters. The highest BCUT2D eigenvalue weighted by atomic mass is 19.1. The van der Waals surface area contributed by atoms with Gasteiger partial charge in [0, 0.05) is 18.7 Å². The molecule has 0 heterocycles. The molecule has 0 aliphatic rings. The molecule has 0 amide bonds. The van der Waals surface area contributed by atoms with E-state index in [1.54, 1.807) is 19.1 Å². The van der Waals surface area contributed by atoms with Crippen molar-refractivity contribution in [2.45, 2.75) is 26.3 Å². The summed E-state index contributed by atoms with van der Waals surface area (Å²) in [6, 6.07) is 14.4. The van der Waals surface area contributed by atoms with Gasteiger partial charge in [0.15, 0.2) is 0 Å². The number of aryl methyl sites for hydroxylation is 1. The second-order valence-corrected chi connectivity index (χ2v) is 4.98. The predicted octanol–water partition coefficient (Wildman–Crippen LogP) is 3.93. The minimum absolute atomic E-state index is 0.166. The molecule has 2 rings (SSSR count). The molecule has 1 N–H and O–H groups in total. The third-order valence-electron chi connectivity index (χ3n) is 3.29. The Bertz CT molecular complexity index is 593. The molecule has 0 atom stereocenters. The number of anilines is 1. The summed E-state index contributed by atoms with van der Waals surface area (Å²) in [5.74, 6) is -0.393. The number of halogens is 1. The molecule has 2 aromatic carbocycles.